The standard InChI is InChI=1S/C13H11N5O3/c1-8-5-14-12(21-8)6-15-13-10-4-9(18(19)20)2-3-11(10)16-7-17-13/h2-5,7H,6H2,1H3,(H,15,16,17). The lowest BCUT2D eigenvalue weighted by Gasteiger charge is -2.06. The minimum atomic E-state index is -0.451. The van der Waals surface area contributed by atoms with E-state index in [2.05, 4.69) is 20.3 Å². The first-order valence-electron chi connectivity index (χ1n) is 6.18. The van der Waals surface area contributed by atoms with Crippen molar-refractivity contribution in [2.75, 3.05) is 5.32 Å². The summed E-state index contributed by atoms with van der Waals surface area (Å²) in [6.07, 6.45) is 3.03. The lowest BCUT2D eigenvalue weighted by molar-refractivity contribution is -0.384. The molecule has 21 heavy (non-hydrogen) atoms. The Labute approximate surface area is 119 Å². The molecule has 0 saturated carbocycles. The number of nitro benzene ring substituents is 1. The summed E-state index contributed by atoms with van der Waals surface area (Å²) < 4.78 is 5.35. The molecule has 1 N–H and O–H groups in total. The van der Waals surface area contributed by atoms with E-state index in [-0.39, 0.29) is 5.69 Å². The Morgan fingerprint density at radius 3 is 2.90 bits per heavy atom. The number of aryl methyl sites for hydroxylation is 1. The number of nitrogens with zero attached hydrogens (tertiary/aromatic N) is 4. The van der Waals surface area contributed by atoms with Crippen LogP contribution in [0.1, 0.15) is 11.7 Å². The van der Waals surface area contributed by atoms with Crippen LogP contribution in [0, 0.1) is 17.0 Å². The molecule has 3 aromatic rings. The number of rotatable bonds is 4. The van der Waals surface area contributed by atoms with Gasteiger partial charge >= 0.3 is 0 Å². The van der Waals surface area contributed by atoms with Gasteiger partial charge in [-0.2, -0.15) is 0 Å². The largest absolute Gasteiger partial charge is 0.444 e. The number of non-ortho nitro benzene ring substituents is 1. The first kappa shape index (κ1) is 13.0. The summed E-state index contributed by atoms with van der Waals surface area (Å²) >= 11 is 0. The van der Waals surface area contributed by atoms with Crippen molar-refractivity contribution >= 4 is 22.4 Å². The van der Waals surface area contributed by atoms with Gasteiger partial charge in [-0.05, 0) is 13.0 Å². The van der Waals surface area contributed by atoms with Crippen molar-refractivity contribution in [3.05, 3.63) is 52.5 Å². The number of benzene rings is 1. The highest BCUT2D eigenvalue weighted by Crippen LogP contribution is 2.24. The number of aromatic nitrogens is 3. The number of oxazole rings is 1. The molecule has 2 aromatic heterocycles. The number of fused-ring (bicyclic) bond motifs is 1. The van der Waals surface area contributed by atoms with Crippen LogP contribution in [0.2, 0.25) is 0 Å². The van der Waals surface area contributed by atoms with Gasteiger partial charge in [0.25, 0.3) is 5.69 Å². The SMILES string of the molecule is Cc1cnc(CNc2ncnc3ccc([N+](=O)[O-])cc23)o1. The van der Waals surface area contributed by atoms with Crippen LogP contribution in [-0.4, -0.2) is 19.9 Å². The maximum Gasteiger partial charge on any atom is 0.270 e. The van der Waals surface area contributed by atoms with Crippen LogP contribution >= 0.6 is 0 Å². The highest BCUT2D eigenvalue weighted by molar-refractivity contribution is 5.90. The fourth-order valence-corrected chi connectivity index (χ4v) is 1.94. The lowest BCUT2D eigenvalue weighted by Crippen LogP contribution is -2.03. The molecule has 3 rings (SSSR count). The second-order valence-electron chi connectivity index (χ2n) is 4.40. The number of hydrogen-bond donors (Lipinski definition) is 1. The van der Waals surface area contributed by atoms with Crippen molar-refractivity contribution in [1.29, 1.82) is 0 Å². The van der Waals surface area contributed by atoms with Crippen LogP contribution in [-0.2, 0) is 6.54 Å². The Morgan fingerprint density at radius 2 is 2.19 bits per heavy atom. The molecule has 2 heterocycles. The fraction of sp³-hybridized carbons (Fsp3) is 0.154. The number of anilines is 1. The molecule has 0 aliphatic rings. The van der Waals surface area contributed by atoms with Crippen LogP contribution in [0.25, 0.3) is 10.9 Å². The topological polar surface area (TPSA) is 107 Å². The Morgan fingerprint density at radius 1 is 1.33 bits per heavy atom. The van der Waals surface area contributed by atoms with E-state index in [0.29, 0.717) is 29.2 Å². The smallest absolute Gasteiger partial charge is 0.270 e. The van der Waals surface area contributed by atoms with E-state index in [1.54, 1.807) is 19.2 Å². The lowest BCUT2D eigenvalue weighted by atomic mass is 10.2. The van der Waals surface area contributed by atoms with Gasteiger partial charge in [-0.3, -0.25) is 10.1 Å². The molecule has 0 bridgehead atoms. The highest BCUT2D eigenvalue weighted by Gasteiger charge is 2.11. The van der Waals surface area contributed by atoms with Crippen LogP contribution in [0.3, 0.4) is 0 Å². The van der Waals surface area contributed by atoms with Crippen LogP contribution in [0.15, 0.2) is 35.1 Å². The average Bonchev–Trinajstić information content (AvgIpc) is 2.90. The minimum absolute atomic E-state index is 0.00711. The molecule has 0 atom stereocenters. The van der Waals surface area contributed by atoms with Crippen molar-refractivity contribution in [3.63, 3.8) is 0 Å². The summed E-state index contributed by atoms with van der Waals surface area (Å²) in [6.45, 7) is 2.14. The van der Waals surface area contributed by atoms with Crippen molar-refractivity contribution in [2.24, 2.45) is 0 Å². The van der Waals surface area contributed by atoms with Gasteiger partial charge in [-0.25, -0.2) is 15.0 Å². The molecule has 8 nitrogen and oxygen atoms in total. The van der Waals surface area contributed by atoms with Crippen molar-refractivity contribution in [2.45, 2.75) is 13.5 Å². The first-order valence-corrected chi connectivity index (χ1v) is 6.18. The molecule has 1 aromatic carbocycles. The van der Waals surface area contributed by atoms with Crippen molar-refractivity contribution < 1.29 is 9.34 Å². The molecule has 0 spiro atoms. The summed E-state index contributed by atoms with van der Waals surface area (Å²) in [5.41, 5.74) is 0.619. The van der Waals surface area contributed by atoms with Crippen molar-refractivity contribution in [3.8, 4) is 0 Å². The average molecular weight is 285 g/mol. The molecule has 0 aliphatic carbocycles. The van der Waals surface area contributed by atoms with E-state index in [1.165, 1.54) is 18.5 Å². The molecule has 0 aliphatic heterocycles. The van der Waals surface area contributed by atoms with Gasteiger partial charge in [0.15, 0.2) is 0 Å². The summed E-state index contributed by atoms with van der Waals surface area (Å²) in [7, 11) is 0. The number of nitro groups is 1. The van der Waals surface area contributed by atoms with Gasteiger partial charge in [0.1, 0.15) is 17.9 Å². The second kappa shape index (κ2) is 5.16. The Balaban J connectivity index is 1.93. The van der Waals surface area contributed by atoms with E-state index >= 15 is 0 Å². The quantitative estimate of drug-likeness (QED) is 0.579. The molecule has 0 radical (unpaired) electrons. The molecule has 0 amide bonds. The third-order valence-electron chi connectivity index (χ3n) is 2.91. The van der Waals surface area contributed by atoms with Gasteiger partial charge in [-0.1, -0.05) is 0 Å². The first-order chi connectivity index (χ1) is 10.1. The summed E-state index contributed by atoms with van der Waals surface area (Å²) in [5.74, 6) is 1.74. The van der Waals surface area contributed by atoms with Crippen LogP contribution in [0.5, 0.6) is 0 Å². The molecular formula is C13H11N5O3. The predicted molar refractivity (Wildman–Crippen MR) is 74.8 cm³/mol. The van der Waals surface area contributed by atoms with Gasteiger partial charge < -0.3 is 9.73 Å². The summed E-state index contributed by atoms with van der Waals surface area (Å²) in [5, 5.41) is 14.5. The van der Waals surface area contributed by atoms with E-state index in [1.807, 2.05) is 0 Å². The second-order valence-corrected chi connectivity index (χ2v) is 4.40. The third kappa shape index (κ3) is 2.64. The van der Waals surface area contributed by atoms with Gasteiger partial charge in [0, 0.05) is 17.5 Å². The summed E-state index contributed by atoms with van der Waals surface area (Å²) in [6, 6.07) is 4.45. The van der Waals surface area contributed by atoms with Gasteiger partial charge in [-0.15, -0.1) is 0 Å². The third-order valence-corrected chi connectivity index (χ3v) is 2.91. The van der Waals surface area contributed by atoms with E-state index in [0.717, 1.165) is 5.76 Å². The maximum atomic E-state index is 10.9. The molecule has 0 unspecified atom stereocenters. The zero-order valence-corrected chi connectivity index (χ0v) is 11.1. The van der Waals surface area contributed by atoms with Crippen LogP contribution < -0.4 is 5.32 Å². The van der Waals surface area contributed by atoms with Gasteiger partial charge in [0.2, 0.25) is 5.89 Å². The van der Waals surface area contributed by atoms with E-state index in [4.69, 9.17) is 4.42 Å². The van der Waals surface area contributed by atoms with E-state index < -0.39 is 4.92 Å². The molecular weight excluding hydrogens is 274 g/mol. The predicted octanol–water partition coefficient (Wildman–Crippen LogP) is 2.45. The summed E-state index contributed by atoms with van der Waals surface area (Å²) in [4.78, 5) is 22.7. The molecule has 106 valence electrons. The molecule has 0 saturated heterocycles. The zero-order chi connectivity index (χ0) is 14.8. The molecule has 0 fully saturated rings. The minimum Gasteiger partial charge on any atom is -0.444 e. The number of nitrogens with one attached hydrogen (secondary N) is 1. The molecule has 8 heteroatoms. The maximum absolute atomic E-state index is 10.9. The monoisotopic (exact) mass is 285 g/mol. The fourth-order valence-electron chi connectivity index (χ4n) is 1.94. The van der Waals surface area contributed by atoms with Crippen molar-refractivity contribution in [1.82, 2.24) is 15.0 Å². The Bertz CT molecular complexity index is 814. The highest BCUT2D eigenvalue weighted by atomic mass is 16.6. The Kier molecular flexibility index (Phi) is 3.19. The van der Waals surface area contributed by atoms with E-state index in [9.17, 15) is 10.1 Å². The van der Waals surface area contributed by atoms with Gasteiger partial charge in [0.05, 0.1) is 23.2 Å². The Hall–Kier alpha value is -3.03. The normalized spacial score (nSPS) is 10.7. The zero-order valence-electron chi connectivity index (χ0n) is 11.1. The number of hydrogen-bond acceptors (Lipinski definition) is 7. The van der Waals surface area contributed by atoms with Crippen LogP contribution in [0.4, 0.5) is 11.5 Å².